The van der Waals surface area contributed by atoms with E-state index in [0.717, 1.165) is 25.8 Å². The summed E-state index contributed by atoms with van der Waals surface area (Å²) in [4.78, 5) is 14.6. The average Bonchev–Trinajstić information content (AvgIpc) is 3.12. The summed E-state index contributed by atoms with van der Waals surface area (Å²) in [5, 5.41) is 3.73. The maximum absolute atomic E-state index is 12.5. The van der Waals surface area contributed by atoms with Gasteiger partial charge < -0.3 is 10.2 Å². The number of rotatable bonds is 5. The average molecular weight is 348 g/mol. The largest absolute Gasteiger partial charge is 0.378 e. The number of amides is 1. The predicted octanol–water partition coefficient (Wildman–Crippen LogP) is 5.25. The summed E-state index contributed by atoms with van der Waals surface area (Å²) in [6, 6.07) is 17.9. The number of anilines is 1. The van der Waals surface area contributed by atoms with Gasteiger partial charge in [0.05, 0.1) is 12.1 Å². The number of carbonyl (C=O) groups is 1. The second-order valence-electron chi connectivity index (χ2n) is 7.57. The second kappa shape index (κ2) is 7.53. The Hall–Kier alpha value is -2.29. The van der Waals surface area contributed by atoms with Crippen LogP contribution in [0.15, 0.2) is 48.5 Å². The third-order valence-electron chi connectivity index (χ3n) is 5.77. The van der Waals surface area contributed by atoms with E-state index in [4.69, 9.17) is 0 Å². The molecule has 2 atom stereocenters. The molecular weight excluding hydrogens is 320 g/mol. The Morgan fingerprint density at radius 3 is 2.73 bits per heavy atom. The lowest BCUT2D eigenvalue weighted by molar-refractivity contribution is -0.130. The van der Waals surface area contributed by atoms with Gasteiger partial charge in [-0.25, -0.2) is 0 Å². The summed E-state index contributed by atoms with van der Waals surface area (Å²) < 4.78 is 0. The van der Waals surface area contributed by atoms with Crippen molar-refractivity contribution in [2.24, 2.45) is 0 Å². The highest BCUT2D eigenvalue weighted by Crippen LogP contribution is 2.43. The standard InChI is InChI=1S/C23H28N2O/c1-2-3-8-17-12-13-20-19(15-17)22(25-14-7-11-23(25)26)16-21(24-20)18-9-5-4-6-10-18/h4-6,9-10,12-13,15,21-22,24H,2-3,7-8,11,14,16H2,1H3. The molecule has 0 aliphatic carbocycles. The molecule has 3 heteroatoms. The molecule has 4 rings (SSSR count). The number of unbranched alkanes of at least 4 members (excludes halogenated alkanes) is 1. The Balaban J connectivity index is 1.69. The van der Waals surface area contributed by atoms with E-state index in [1.165, 1.54) is 35.2 Å². The lowest BCUT2D eigenvalue weighted by Gasteiger charge is -2.38. The normalized spacial score (nSPS) is 22.2. The molecule has 1 saturated heterocycles. The van der Waals surface area contributed by atoms with Crippen molar-refractivity contribution in [1.29, 1.82) is 0 Å². The van der Waals surface area contributed by atoms with E-state index in [0.29, 0.717) is 12.3 Å². The van der Waals surface area contributed by atoms with Crippen molar-refractivity contribution in [2.75, 3.05) is 11.9 Å². The van der Waals surface area contributed by atoms with Crippen LogP contribution < -0.4 is 5.32 Å². The summed E-state index contributed by atoms with van der Waals surface area (Å²) in [6.45, 7) is 3.12. The van der Waals surface area contributed by atoms with Crippen LogP contribution in [0, 0.1) is 0 Å². The highest BCUT2D eigenvalue weighted by atomic mass is 16.2. The number of likely N-dealkylation sites (tertiary alicyclic amines) is 1. The molecule has 2 aliphatic heterocycles. The topological polar surface area (TPSA) is 32.3 Å². The van der Waals surface area contributed by atoms with Gasteiger partial charge in [-0.1, -0.05) is 55.8 Å². The smallest absolute Gasteiger partial charge is 0.223 e. The summed E-state index contributed by atoms with van der Waals surface area (Å²) in [7, 11) is 0. The van der Waals surface area contributed by atoms with Crippen LogP contribution in [0.3, 0.4) is 0 Å². The number of hydrogen-bond donors (Lipinski definition) is 1. The summed E-state index contributed by atoms with van der Waals surface area (Å²) in [5.74, 6) is 0.314. The van der Waals surface area contributed by atoms with Gasteiger partial charge in [-0.15, -0.1) is 0 Å². The van der Waals surface area contributed by atoms with Crippen molar-refractivity contribution in [3.8, 4) is 0 Å². The quantitative estimate of drug-likeness (QED) is 0.800. The minimum absolute atomic E-state index is 0.188. The molecule has 0 saturated carbocycles. The molecule has 0 bridgehead atoms. The maximum atomic E-state index is 12.5. The molecular formula is C23H28N2O. The van der Waals surface area contributed by atoms with Gasteiger partial charge in [-0.05, 0) is 48.4 Å². The van der Waals surface area contributed by atoms with Gasteiger partial charge in [0.25, 0.3) is 0 Å². The van der Waals surface area contributed by atoms with Gasteiger partial charge in [0.15, 0.2) is 0 Å². The molecule has 2 heterocycles. The molecule has 0 spiro atoms. The first-order valence-electron chi connectivity index (χ1n) is 10.00. The number of aryl methyl sites for hydroxylation is 1. The SMILES string of the molecule is CCCCc1ccc2c(c1)C(N1CCCC1=O)CC(c1ccccc1)N2. The van der Waals surface area contributed by atoms with Crippen molar-refractivity contribution in [3.05, 3.63) is 65.2 Å². The molecule has 136 valence electrons. The number of benzene rings is 2. The van der Waals surface area contributed by atoms with Crippen LogP contribution in [0.2, 0.25) is 0 Å². The van der Waals surface area contributed by atoms with E-state index in [1.54, 1.807) is 0 Å². The van der Waals surface area contributed by atoms with E-state index in [1.807, 2.05) is 0 Å². The Morgan fingerprint density at radius 1 is 1.15 bits per heavy atom. The van der Waals surface area contributed by atoms with Crippen LogP contribution in [-0.2, 0) is 11.2 Å². The number of hydrogen-bond acceptors (Lipinski definition) is 2. The molecule has 2 aliphatic rings. The van der Waals surface area contributed by atoms with Crippen LogP contribution in [0.5, 0.6) is 0 Å². The minimum Gasteiger partial charge on any atom is -0.378 e. The summed E-state index contributed by atoms with van der Waals surface area (Å²) in [5.41, 5.74) is 5.18. The monoisotopic (exact) mass is 348 g/mol. The van der Waals surface area contributed by atoms with Crippen molar-refractivity contribution in [2.45, 2.75) is 57.5 Å². The number of fused-ring (bicyclic) bond motifs is 1. The molecule has 0 radical (unpaired) electrons. The molecule has 2 aromatic carbocycles. The van der Waals surface area contributed by atoms with E-state index in [9.17, 15) is 4.79 Å². The lowest BCUT2D eigenvalue weighted by Crippen LogP contribution is -2.35. The van der Waals surface area contributed by atoms with Crippen LogP contribution in [0.1, 0.15) is 67.8 Å². The van der Waals surface area contributed by atoms with Gasteiger partial charge in [-0.2, -0.15) is 0 Å². The first-order valence-corrected chi connectivity index (χ1v) is 10.00. The Morgan fingerprint density at radius 2 is 2.00 bits per heavy atom. The van der Waals surface area contributed by atoms with Gasteiger partial charge >= 0.3 is 0 Å². The molecule has 3 nitrogen and oxygen atoms in total. The molecule has 1 amide bonds. The first-order chi connectivity index (χ1) is 12.8. The van der Waals surface area contributed by atoms with Crippen LogP contribution in [0.4, 0.5) is 5.69 Å². The van der Waals surface area contributed by atoms with Crippen LogP contribution in [0.25, 0.3) is 0 Å². The maximum Gasteiger partial charge on any atom is 0.223 e. The summed E-state index contributed by atoms with van der Waals surface area (Å²) in [6.07, 6.45) is 6.17. The zero-order valence-electron chi connectivity index (χ0n) is 15.6. The fraction of sp³-hybridized carbons (Fsp3) is 0.435. The molecule has 2 unspecified atom stereocenters. The summed E-state index contributed by atoms with van der Waals surface area (Å²) >= 11 is 0. The molecule has 26 heavy (non-hydrogen) atoms. The van der Waals surface area contributed by atoms with E-state index < -0.39 is 0 Å². The van der Waals surface area contributed by atoms with Crippen molar-refractivity contribution in [3.63, 3.8) is 0 Å². The Bertz CT molecular complexity index is 771. The van der Waals surface area contributed by atoms with Gasteiger partial charge in [0.2, 0.25) is 5.91 Å². The number of carbonyl (C=O) groups excluding carboxylic acids is 1. The van der Waals surface area contributed by atoms with Gasteiger partial charge in [-0.3, -0.25) is 4.79 Å². The molecule has 1 N–H and O–H groups in total. The lowest BCUT2D eigenvalue weighted by atomic mass is 9.87. The van der Waals surface area contributed by atoms with Gasteiger partial charge in [0, 0.05) is 18.7 Å². The third kappa shape index (κ3) is 3.35. The van der Waals surface area contributed by atoms with Crippen molar-refractivity contribution in [1.82, 2.24) is 4.90 Å². The van der Waals surface area contributed by atoms with Crippen LogP contribution >= 0.6 is 0 Å². The molecule has 0 aromatic heterocycles. The number of nitrogens with one attached hydrogen (secondary N) is 1. The zero-order valence-corrected chi connectivity index (χ0v) is 15.6. The predicted molar refractivity (Wildman–Crippen MR) is 106 cm³/mol. The third-order valence-corrected chi connectivity index (χ3v) is 5.77. The second-order valence-corrected chi connectivity index (χ2v) is 7.57. The zero-order chi connectivity index (χ0) is 17.9. The Labute approximate surface area is 156 Å². The highest BCUT2D eigenvalue weighted by molar-refractivity contribution is 5.79. The van der Waals surface area contributed by atoms with Crippen molar-refractivity contribution < 1.29 is 4.79 Å². The Kier molecular flexibility index (Phi) is 4.96. The minimum atomic E-state index is 0.188. The highest BCUT2D eigenvalue weighted by Gasteiger charge is 2.35. The fourth-order valence-corrected chi connectivity index (χ4v) is 4.35. The van der Waals surface area contributed by atoms with Gasteiger partial charge in [0.1, 0.15) is 0 Å². The van der Waals surface area contributed by atoms with E-state index in [2.05, 4.69) is 65.7 Å². The van der Waals surface area contributed by atoms with E-state index >= 15 is 0 Å². The first kappa shape index (κ1) is 17.1. The van der Waals surface area contributed by atoms with Crippen LogP contribution in [-0.4, -0.2) is 17.4 Å². The van der Waals surface area contributed by atoms with Crippen molar-refractivity contribution >= 4 is 11.6 Å². The molecule has 2 aromatic rings. The number of nitrogens with zero attached hydrogens (tertiary/aromatic N) is 1. The van der Waals surface area contributed by atoms with E-state index in [-0.39, 0.29) is 12.1 Å². The fourth-order valence-electron chi connectivity index (χ4n) is 4.35. The molecule has 1 fully saturated rings.